The van der Waals surface area contributed by atoms with Gasteiger partial charge in [0.2, 0.25) is 11.8 Å². The number of aryl methyl sites for hydroxylation is 6. The Balaban J connectivity index is 1.54. The molecule has 75 heavy (non-hydrogen) atoms. The van der Waals surface area contributed by atoms with E-state index in [1.54, 1.807) is 0 Å². The maximum Gasteiger partial charge on any atom is 0.222 e. The highest BCUT2D eigenvalue weighted by Crippen LogP contribution is 2.40. The van der Waals surface area contributed by atoms with Crippen LogP contribution < -0.4 is 0 Å². The minimum absolute atomic E-state index is 0.0276. The van der Waals surface area contributed by atoms with E-state index in [2.05, 4.69) is 80.8 Å². The molecule has 19 heteroatoms. The number of aliphatic hydroxyl groups excluding tert-OH is 10. The van der Waals surface area contributed by atoms with Gasteiger partial charge in [-0.15, -0.1) is 0 Å². The Hall–Kier alpha value is -5.58. The van der Waals surface area contributed by atoms with Crippen LogP contribution >= 0.6 is 0 Å². The van der Waals surface area contributed by atoms with Crippen molar-refractivity contribution in [3.05, 3.63) is 80.4 Å². The van der Waals surface area contributed by atoms with Crippen LogP contribution in [0.5, 0.6) is 0 Å². The van der Waals surface area contributed by atoms with Crippen molar-refractivity contribution in [3.8, 4) is 0 Å². The van der Waals surface area contributed by atoms with Crippen LogP contribution in [0.25, 0.3) is 55.4 Å². The Morgan fingerprint density at radius 2 is 0.800 bits per heavy atom. The van der Waals surface area contributed by atoms with Gasteiger partial charge in [-0.05, 0) is 146 Å². The molecule has 0 fully saturated rings. The largest absolute Gasteiger partial charge is 0.394 e. The number of aromatic amines is 3. The van der Waals surface area contributed by atoms with Crippen LogP contribution in [0, 0.1) is 13.8 Å². The molecule has 13 N–H and O–H groups in total. The van der Waals surface area contributed by atoms with E-state index >= 15 is 0 Å². The predicted molar refractivity (Wildman–Crippen MR) is 290 cm³/mol. The fourth-order valence-electron chi connectivity index (χ4n) is 10.5. The predicted octanol–water partition coefficient (Wildman–Crippen LogP) is 3.44. The lowest BCUT2D eigenvalue weighted by molar-refractivity contribution is -0.138. The third-order valence-corrected chi connectivity index (χ3v) is 15.3. The average Bonchev–Trinajstić information content (AvgIpc) is 4.15. The molecule has 0 saturated heterocycles. The minimum atomic E-state index is -1.82. The van der Waals surface area contributed by atoms with Gasteiger partial charge in [0, 0.05) is 73.1 Å². The third-order valence-electron chi connectivity index (χ3n) is 15.3. The second-order valence-corrected chi connectivity index (χ2v) is 20.1. The Morgan fingerprint density at radius 1 is 0.480 bits per heavy atom. The van der Waals surface area contributed by atoms with Gasteiger partial charge in [0.05, 0.1) is 36.0 Å². The van der Waals surface area contributed by atoms with Gasteiger partial charge in [0.25, 0.3) is 0 Å². The summed E-state index contributed by atoms with van der Waals surface area (Å²) in [5, 5.41) is 101. The molecule has 0 saturated carbocycles. The first-order chi connectivity index (χ1) is 35.5. The average molecular weight is 1040 g/mol. The molecule has 4 aromatic heterocycles. The highest BCUT2D eigenvalue weighted by molar-refractivity contribution is 6.00. The van der Waals surface area contributed by atoms with Gasteiger partial charge in [0.1, 0.15) is 48.8 Å². The van der Waals surface area contributed by atoms with E-state index in [9.17, 15) is 60.7 Å². The van der Waals surface area contributed by atoms with Gasteiger partial charge in [-0.1, -0.05) is 27.7 Å². The number of rotatable bonds is 22. The summed E-state index contributed by atoms with van der Waals surface area (Å²) in [5.41, 5.74) is 18.0. The van der Waals surface area contributed by atoms with Crippen molar-refractivity contribution in [1.29, 1.82) is 0 Å². The van der Waals surface area contributed by atoms with Crippen LogP contribution in [0.1, 0.15) is 123 Å². The van der Waals surface area contributed by atoms with Crippen LogP contribution in [-0.4, -0.2) is 187 Å². The highest BCUT2D eigenvalue weighted by Gasteiger charge is 2.33. The molecular weight excluding hydrogens is 963 g/mol. The lowest BCUT2D eigenvalue weighted by Gasteiger charge is -2.28. The molecule has 19 nitrogen and oxygen atoms in total. The van der Waals surface area contributed by atoms with E-state index in [-0.39, 0.29) is 37.7 Å². The minimum Gasteiger partial charge on any atom is -0.394 e. The molecule has 6 rings (SSSR count). The van der Waals surface area contributed by atoms with Crippen molar-refractivity contribution in [3.63, 3.8) is 0 Å². The molecule has 2 aliphatic rings. The van der Waals surface area contributed by atoms with Crippen molar-refractivity contribution in [1.82, 2.24) is 34.7 Å². The summed E-state index contributed by atoms with van der Waals surface area (Å²) in [4.78, 5) is 51.7. The molecule has 0 aromatic carbocycles. The highest BCUT2D eigenvalue weighted by atomic mass is 16.4. The number of nitrogens with zero attached hydrogens (tertiary/aromatic N) is 4. The van der Waals surface area contributed by atoms with E-state index in [4.69, 9.17) is 9.97 Å². The third kappa shape index (κ3) is 12.3. The monoisotopic (exact) mass is 1040 g/mol. The summed E-state index contributed by atoms with van der Waals surface area (Å²) in [6, 6.07) is 8.25. The normalized spacial score (nSPS) is 16.2. The molecule has 4 aromatic rings. The SMILES string of the molecule is CCC1=C(C)c2nc1cc1[nH]c(cc3[nH]c(cc4[nH]c(cc5nc2C(C)=C5CC)c(C)c4CCC(=O)N(C)C[C@H](O)[C@@H](O)[C@H](O)[C@H](O)CO)c(CC)c3CC)c(CCC(=O)N(C)C[C@H](O)[C@@H](O)[C@H](O)[C@H](O)CO)c1C. The Bertz CT molecular complexity index is 2810. The summed E-state index contributed by atoms with van der Waals surface area (Å²) < 4.78 is 0. The van der Waals surface area contributed by atoms with Crippen LogP contribution in [-0.2, 0) is 35.3 Å². The lowest BCUT2D eigenvalue weighted by atomic mass is 9.99. The Labute approximate surface area is 437 Å². The van der Waals surface area contributed by atoms with Crippen molar-refractivity contribution in [2.75, 3.05) is 40.4 Å². The van der Waals surface area contributed by atoms with E-state index in [1.165, 1.54) is 23.9 Å². The summed E-state index contributed by atoms with van der Waals surface area (Å²) in [6.45, 7) is 14.2. The number of carbonyl (C=O) groups excluding carboxylic acids is 2. The summed E-state index contributed by atoms with van der Waals surface area (Å²) in [6.07, 6.45) is -10.4. The number of amides is 2. The molecule has 0 aliphatic carbocycles. The number of likely N-dealkylation sites (N-methyl/N-ethyl adjacent to an activating group) is 2. The van der Waals surface area contributed by atoms with Crippen molar-refractivity contribution in [2.24, 2.45) is 0 Å². The van der Waals surface area contributed by atoms with Gasteiger partial charge >= 0.3 is 0 Å². The molecule has 0 unspecified atom stereocenters. The van der Waals surface area contributed by atoms with Crippen LogP contribution in [0.15, 0.2) is 24.3 Å². The maximum absolute atomic E-state index is 13.7. The summed E-state index contributed by atoms with van der Waals surface area (Å²) in [7, 11) is 2.97. The Morgan fingerprint density at radius 3 is 1.12 bits per heavy atom. The number of carbonyl (C=O) groups is 2. The quantitative estimate of drug-likeness (QED) is 0.0537. The molecule has 2 aliphatic heterocycles. The number of aromatic nitrogens is 5. The number of allylic oxidation sites excluding steroid dienone is 4. The number of fused-ring (bicyclic) bond motifs is 11. The molecule has 0 radical (unpaired) electrons. The van der Waals surface area contributed by atoms with Crippen LogP contribution in [0.2, 0.25) is 0 Å². The zero-order chi connectivity index (χ0) is 55.3. The van der Waals surface area contributed by atoms with E-state index in [0.717, 1.165) is 112 Å². The maximum atomic E-state index is 13.7. The second-order valence-electron chi connectivity index (χ2n) is 20.1. The van der Waals surface area contributed by atoms with Crippen LogP contribution in [0.3, 0.4) is 0 Å². The molecule has 6 heterocycles. The van der Waals surface area contributed by atoms with E-state index < -0.39 is 62.0 Å². The summed E-state index contributed by atoms with van der Waals surface area (Å²) in [5.74, 6) is -0.668. The Kier molecular flexibility index (Phi) is 19.6. The van der Waals surface area contributed by atoms with Gasteiger partial charge in [-0.25, -0.2) is 9.97 Å². The van der Waals surface area contributed by atoms with Crippen LogP contribution in [0.4, 0.5) is 0 Å². The number of aliphatic hydroxyl groups is 10. The van der Waals surface area contributed by atoms with Crippen molar-refractivity contribution >= 4 is 67.2 Å². The van der Waals surface area contributed by atoms with Gasteiger partial charge in [0.15, 0.2) is 0 Å². The molecule has 8 atom stereocenters. The molecule has 0 spiro atoms. The number of hydrogen-bond acceptors (Lipinski definition) is 14. The fourth-order valence-corrected chi connectivity index (χ4v) is 10.5. The first kappa shape index (κ1) is 58.7. The molecular formula is C56H79N7O12. The summed E-state index contributed by atoms with van der Waals surface area (Å²) >= 11 is 0. The van der Waals surface area contributed by atoms with Crippen molar-refractivity contribution in [2.45, 2.75) is 156 Å². The van der Waals surface area contributed by atoms with Crippen molar-refractivity contribution < 1.29 is 60.7 Å². The first-order valence-corrected chi connectivity index (χ1v) is 26.1. The van der Waals surface area contributed by atoms with Gasteiger partial charge in [-0.3, -0.25) is 9.59 Å². The number of H-pyrrole nitrogens is 3. The molecule has 10 bridgehead atoms. The second kappa shape index (κ2) is 25.1. The lowest BCUT2D eigenvalue weighted by Crippen LogP contribution is -2.50. The smallest absolute Gasteiger partial charge is 0.222 e. The van der Waals surface area contributed by atoms with E-state index in [1.807, 2.05) is 13.8 Å². The molecule has 410 valence electrons. The number of nitrogens with one attached hydrogen (secondary N) is 3. The standard InChI is InChI=1S/C56H79N7O12/c1-11-31-29(7)51-52-30(8)32(12-2)40(61-52)20-38-28(6)36(16-18-50(71)63(10)24-46(67)54(73)56(75)48(69)26-65)44(58-38)22-42-34(14-4)33(13-3)41(59-42)21-43-35(27(5)37(57-43)19-39(31)60-51)15-17-49(70)62(9)23-45(66)53(72)55(74)47(68)25-64/h19-22,45-48,53-59,64-69,72-75H,11-18,23-26H2,1-10H3/t45-,46-,47+,48+,53+,54+,55+,56+/m0/s1. The fraction of sp³-hybridized carbons (Fsp3) is 0.536. The van der Waals surface area contributed by atoms with E-state index in [0.29, 0.717) is 38.5 Å². The zero-order valence-electron chi connectivity index (χ0n) is 45.0. The first-order valence-electron chi connectivity index (χ1n) is 26.1. The molecule has 2 amide bonds. The zero-order valence-corrected chi connectivity index (χ0v) is 45.0. The topological polar surface area (TPSA) is 316 Å². The van der Waals surface area contributed by atoms with Gasteiger partial charge < -0.3 is 75.8 Å². The number of hydrogen-bond donors (Lipinski definition) is 13. The van der Waals surface area contributed by atoms with Gasteiger partial charge in [-0.2, -0.15) is 0 Å².